The average Bonchev–Trinajstić information content (AvgIpc) is 2.82. The summed E-state index contributed by atoms with van der Waals surface area (Å²) in [6.07, 6.45) is 3.41. The maximum Gasteiger partial charge on any atom is 0.337 e. The fourth-order valence-corrected chi connectivity index (χ4v) is 4.52. The van der Waals surface area contributed by atoms with Gasteiger partial charge in [0.15, 0.2) is 0 Å². The van der Waals surface area contributed by atoms with Gasteiger partial charge in [-0.25, -0.2) is 17.5 Å². The average molecular weight is 337 g/mol. The number of methoxy groups -OCH3 is 1. The third-order valence-corrected chi connectivity index (χ3v) is 6.05. The van der Waals surface area contributed by atoms with Crippen LogP contribution in [0.4, 0.5) is 0 Å². The lowest BCUT2D eigenvalue weighted by Gasteiger charge is -2.33. The minimum absolute atomic E-state index is 0.240. The molecule has 2 aliphatic rings. The molecule has 6 nitrogen and oxygen atoms in total. The van der Waals surface area contributed by atoms with E-state index in [0.717, 1.165) is 21.7 Å². The van der Waals surface area contributed by atoms with Gasteiger partial charge in [-0.2, -0.15) is 0 Å². The van der Waals surface area contributed by atoms with Gasteiger partial charge in [-0.1, -0.05) is 6.07 Å². The molecule has 7 heteroatoms. The van der Waals surface area contributed by atoms with Crippen molar-refractivity contribution in [2.75, 3.05) is 19.9 Å². The number of amides is 1. The summed E-state index contributed by atoms with van der Waals surface area (Å²) in [7, 11) is -2.19. The summed E-state index contributed by atoms with van der Waals surface area (Å²) < 4.78 is 29.2. The van der Waals surface area contributed by atoms with Crippen LogP contribution >= 0.6 is 0 Å². The molecule has 1 heterocycles. The quantitative estimate of drug-likeness (QED) is 0.756. The molecule has 0 radical (unpaired) electrons. The molecule has 1 aliphatic carbocycles. The molecule has 1 atom stereocenters. The fraction of sp³-hybridized carbons (Fsp3) is 0.500. The fourth-order valence-electron chi connectivity index (χ4n) is 3.61. The van der Waals surface area contributed by atoms with Crippen molar-refractivity contribution in [3.8, 4) is 0 Å². The third kappa shape index (κ3) is 2.63. The van der Waals surface area contributed by atoms with Crippen molar-refractivity contribution in [2.45, 2.75) is 25.7 Å². The first-order valence-electron chi connectivity index (χ1n) is 7.49. The van der Waals surface area contributed by atoms with Crippen molar-refractivity contribution >= 4 is 21.9 Å². The van der Waals surface area contributed by atoms with Crippen molar-refractivity contribution in [1.82, 2.24) is 4.31 Å². The Bertz CT molecular complexity index is 786. The van der Waals surface area contributed by atoms with E-state index in [-0.39, 0.29) is 12.5 Å². The number of carbonyl (C=O) groups is 2. The van der Waals surface area contributed by atoms with Crippen LogP contribution < -0.4 is 0 Å². The number of hydrogen-bond donors (Lipinski definition) is 0. The van der Waals surface area contributed by atoms with Gasteiger partial charge in [-0.15, -0.1) is 0 Å². The van der Waals surface area contributed by atoms with Crippen molar-refractivity contribution in [3.63, 3.8) is 0 Å². The zero-order valence-corrected chi connectivity index (χ0v) is 14.0. The number of rotatable bonds is 2. The lowest BCUT2D eigenvalue weighted by Crippen LogP contribution is -2.40. The van der Waals surface area contributed by atoms with Crippen LogP contribution in [-0.2, 0) is 32.4 Å². The van der Waals surface area contributed by atoms with Gasteiger partial charge in [-0.05, 0) is 48.9 Å². The Balaban J connectivity index is 1.93. The summed E-state index contributed by atoms with van der Waals surface area (Å²) in [5.41, 5.74) is 1.83. The highest BCUT2D eigenvalue weighted by Gasteiger charge is 2.50. The van der Waals surface area contributed by atoms with Gasteiger partial charge in [-0.3, -0.25) is 4.79 Å². The molecule has 0 bridgehead atoms. The number of benzene rings is 1. The number of sulfonamides is 1. The van der Waals surface area contributed by atoms with Crippen molar-refractivity contribution in [1.29, 1.82) is 0 Å². The molecule has 1 fully saturated rings. The summed E-state index contributed by atoms with van der Waals surface area (Å²) in [6.45, 7) is 0.240. The molecule has 1 aromatic rings. The largest absolute Gasteiger partial charge is 0.465 e. The summed E-state index contributed by atoms with van der Waals surface area (Å²) in [5, 5.41) is 0. The highest BCUT2D eigenvalue weighted by Crippen LogP contribution is 2.44. The maximum absolute atomic E-state index is 12.7. The van der Waals surface area contributed by atoms with Gasteiger partial charge < -0.3 is 4.74 Å². The van der Waals surface area contributed by atoms with Crippen molar-refractivity contribution in [2.24, 2.45) is 5.41 Å². The van der Waals surface area contributed by atoms with Crippen molar-refractivity contribution < 1.29 is 22.7 Å². The molecular formula is C16H19NO5S. The van der Waals surface area contributed by atoms with Crippen molar-refractivity contribution in [3.05, 3.63) is 34.9 Å². The van der Waals surface area contributed by atoms with Gasteiger partial charge in [0.2, 0.25) is 15.9 Å². The SMILES string of the molecule is COC(=O)c1ccc2c(c1)C[C@]1(CC2)CCN(S(C)(=O)=O)C1=O. The Morgan fingerprint density at radius 2 is 2.00 bits per heavy atom. The molecule has 3 rings (SSSR count). The monoisotopic (exact) mass is 337 g/mol. The van der Waals surface area contributed by atoms with E-state index in [9.17, 15) is 18.0 Å². The molecule has 1 amide bonds. The van der Waals surface area contributed by atoms with Gasteiger partial charge in [0.25, 0.3) is 0 Å². The van der Waals surface area contributed by atoms with Crippen LogP contribution in [0.1, 0.15) is 34.3 Å². The van der Waals surface area contributed by atoms with E-state index >= 15 is 0 Å². The summed E-state index contributed by atoms with van der Waals surface area (Å²) >= 11 is 0. The highest BCUT2D eigenvalue weighted by molar-refractivity contribution is 7.88. The Labute approximate surface area is 135 Å². The van der Waals surface area contributed by atoms with E-state index in [2.05, 4.69) is 0 Å². The first kappa shape index (κ1) is 16.0. The molecule has 124 valence electrons. The molecule has 1 aliphatic heterocycles. The third-order valence-electron chi connectivity index (χ3n) is 4.90. The Kier molecular flexibility index (Phi) is 3.71. The second kappa shape index (κ2) is 5.33. The van der Waals surface area contributed by atoms with Crippen LogP contribution in [0.25, 0.3) is 0 Å². The Morgan fingerprint density at radius 3 is 2.61 bits per heavy atom. The minimum atomic E-state index is -3.52. The maximum atomic E-state index is 12.7. The summed E-state index contributed by atoms with van der Waals surface area (Å²) in [5.74, 6) is -0.725. The van der Waals surface area contributed by atoms with E-state index < -0.39 is 21.4 Å². The first-order chi connectivity index (χ1) is 10.8. The summed E-state index contributed by atoms with van der Waals surface area (Å²) in [6, 6.07) is 5.38. The van der Waals surface area contributed by atoms with E-state index in [4.69, 9.17) is 4.74 Å². The molecule has 0 saturated carbocycles. The molecule has 0 unspecified atom stereocenters. The molecule has 1 spiro atoms. The number of aryl methyl sites for hydroxylation is 1. The van der Waals surface area contributed by atoms with Gasteiger partial charge in [0.05, 0.1) is 24.3 Å². The van der Waals surface area contributed by atoms with Crippen LogP contribution in [0.3, 0.4) is 0 Å². The topological polar surface area (TPSA) is 80.8 Å². The van der Waals surface area contributed by atoms with E-state index in [1.807, 2.05) is 6.07 Å². The second-order valence-electron chi connectivity index (χ2n) is 6.32. The van der Waals surface area contributed by atoms with Crippen LogP contribution in [0.5, 0.6) is 0 Å². The normalized spacial score (nSPS) is 23.9. The molecule has 0 aromatic heterocycles. The molecular weight excluding hydrogens is 318 g/mol. The van der Waals surface area contributed by atoms with Crippen LogP contribution in [0.2, 0.25) is 0 Å². The summed E-state index contributed by atoms with van der Waals surface area (Å²) in [4.78, 5) is 24.4. The second-order valence-corrected chi connectivity index (χ2v) is 8.23. The molecule has 1 saturated heterocycles. The zero-order chi connectivity index (χ0) is 16.8. The number of esters is 1. The number of hydrogen-bond acceptors (Lipinski definition) is 5. The zero-order valence-electron chi connectivity index (χ0n) is 13.2. The van der Waals surface area contributed by atoms with E-state index in [1.54, 1.807) is 12.1 Å². The first-order valence-corrected chi connectivity index (χ1v) is 9.34. The van der Waals surface area contributed by atoms with E-state index in [0.29, 0.717) is 31.2 Å². The Hall–Kier alpha value is -1.89. The molecule has 23 heavy (non-hydrogen) atoms. The standard InChI is InChI=1S/C16H19NO5S/c1-22-14(18)12-4-3-11-5-6-16(10-13(11)9-12)7-8-17(15(16)19)23(2,20)21/h3-4,9H,5-8,10H2,1-2H3/t16-/m0/s1. The molecule has 0 N–H and O–H groups in total. The van der Waals surface area contributed by atoms with Gasteiger partial charge in [0, 0.05) is 6.54 Å². The number of carbonyl (C=O) groups excluding carboxylic acids is 2. The van der Waals surface area contributed by atoms with Gasteiger partial charge in [0.1, 0.15) is 0 Å². The van der Waals surface area contributed by atoms with E-state index in [1.165, 1.54) is 7.11 Å². The number of ether oxygens (including phenoxy) is 1. The van der Waals surface area contributed by atoms with Crippen LogP contribution in [0.15, 0.2) is 18.2 Å². The Morgan fingerprint density at radius 1 is 1.26 bits per heavy atom. The lowest BCUT2D eigenvalue weighted by atomic mass is 9.70. The molecule has 1 aromatic carbocycles. The smallest absolute Gasteiger partial charge is 0.337 e. The minimum Gasteiger partial charge on any atom is -0.465 e. The predicted octanol–water partition coefficient (Wildman–Crippen LogP) is 1.14. The van der Waals surface area contributed by atoms with Crippen LogP contribution in [0, 0.1) is 5.41 Å². The van der Waals surface area contributed by atoms with Crippen LogP contribution in [-0.4, -0.2) is 44.5 Å². The lowest BCUT2D eigenvalue weighted by molar-refractivity contribution is -0.132. The number of fused-ring (bicyclic) bond motifs is 1. The number of nitrogens with zero attached hydrogens (tertiary/aromatic N) is 1. The highest BCUT2D eigenvalue weighted by atomic mass is 32.2. The predicted molar refractivity (Wildman–Crippen MR) is 83.4 cm³/mol. The van der Waals surface area contributed by atoms with Gasteiger partial charge >= 0.3 is 5.97 Å².